The lowest BCUT2D eigenvalue weighted by Crippen LogP contribution is -2.38. The summed E-state index contributed by atoms with van der Waals surface area (Å²) in [6, 6.07) is 12.7. The van der Waals surface area contributed by atoms with E-state index in [0.717, 1.165) is 24.3 Å². The van der Waals surface area contributed by atoms with Crippen molar-refractivity contribution in [2.75, 3.05) is 13.1 Å². The average Bonchev–Trinajstić information content (AvgIpc) is 3.06. The lowest BCUT2D eigenvalue weighted by atomic mass is 9.97. The monoisotopic (exact) mass is 420 g/mol. The highest BCUT2D eigenvalue weighted by Gasteiger charge is 2.32. The van der Waals surface area contributed by atoms with Crippen molar-refractivity contribution in [2.45, 2.75) is 23.7 Å². The predicted molar refractivity (Wildman–Crippen MR) is 97.9 cm³/mol. The van der Waals surface area contributed by atoms with Crippen LogP contribution in [-0.2, 0) is 10.0 Å². The Kier molecular flexibility index (Phi) is 4.35. The van der Waals surface area contributed by atoms with Crippen LogP contribution in [0.4, 0.5) is 0 Å². The van der Waals surface area contributed by atoms with Crippen LogP contribution in [0.25, 0.3) is 5.65 Å². The van der Waals surface area contributed by atoms with Gasteiger partial charge in [0.2, 0.25) is 10.0 Å². The largest absolute Gasteiger partial charge is 0.286 e. The van der Waals surface area contributed by atoms with E-state index in [2.05, 4.69) is 26.1 Å². The molecule has 1 fully saturated rings. The zero-order chi connectivity index (χ0) is 17.4. The summed E-state index contributed by atoms with van der Waals surface area (Å²) in [6.45, 7) is 0.964. The third kappa shape index (κ3) is 2.98. The van der Waals surface area contributed by atoms with Crippen molar-refractivity contribution in [2.24, 2.45) is 0 Å². The topological polar surface area (TPSA) is 67.6 Å². The first-order valence-corrected chi connectivity index (χ1v) is 10.3. The number of aromatic nitrogens is 3. The van der Waals surface area contributed by atoms with Crippen LogP contribution in [0.5, 0.6) is 0 Å². The second-order valence-corrected chi connectivity index (χ2v) is 8.86. The minimum Gasteiger partial charge on any atom is -0.286 e. The molecule has 0 radical (unpaired) electrons. The summed E-state index contributed by atoms with van der Waals surface area (Å²) in [7, 11) is -3.48. The van der Waals surface area contributed by atoms with E-state index < -0.39 is 10.0 Å². The van der Waals surface area contributed by atoms with Gasteiger partial charge < -0.3 is 0 Å². The molecule has 3 aromatic rings. The van der Waals surface area contributed by atoms with Crippen LogP contribution in [0.2, 0.25) is 0 Å². The Morgan fingerprint density at radius 2 is 1.72 bits per heavy atom. The molecule has 6 nitrogen and oxygen atoms in total. The number of hydrogen-bond acceptors (Lipinski definition) is 4. The maximum Gasteiger partial charge on any atom is 0.244 e. The van der Waals surface area contributed by atoms with Gasteiger partial charge in [0.25, 0.3) is 0 Å². The minimum absolute atomic E-state index is 0.211. The lowest BCUT2D eigenvalue weighted by molar-refractivity contribution is 0.312. The fourth-order valence-electron chi connectivity index (χ4n) is 3.29. The smallest absolute Gasteiger partial charge is 0.244 e. The van der Waals surface area contributed by atoms with Gasteiger partial charge >= 0.3 is 0 Å². The molecule has 8 heteroatoms. The molecule has 0 atom stereocenters. The molecule has 130 valence electrons. The van der Waals surface area contributed by atoms with Crippen molar-refractivity contribution in [3.05, 3.63) is 59.0 Å². The molecule has 0 amide bonds. The molecule has 3 heterocycles. The molecule has 4 rings (SSSR count). The highest BCUT2D eigenvalue weighted by atomic mass is 79.9. The predicted octanol–water partition coefficient (Wildman–Crippen LogP) is 3.06. The average molecular weight is 421 g/mol. The molecular weight excluding hydrogens is 404 g/mol. The van der Waals surface area contributed by atoms with Gasteiger partial charge in [0, 0.05) is 29.7 Å². The number of hydrogen-bond donors (Lipinski definition) is 0. The lowest BCUT2D eigenvalue weighted by Gasteiger charge is -2.30. The Morgan fingerprint density at radius 3 is 2.48 bits per heavy atom. The molecule has 1 saturated heterocycles. The molecule has 2 aromatic heterocycles. The number of sulfonamides is 1. The van der Waals surface area contributed by atoms with E-state index in [9.17, 15) is 8.42 Å². The molecule has 1 aromatic carbocycles. The third-order valence-electron chi connectivity index (χ3n) is 4.61. The van der Waals surface area contributed by atoms with Crippen LogP contribution in [-0.4, -0.2) is 40.4 Å². The molecule has 0 unspecified atom stereocenters. The summed E-state index contributed by atoms with van der Waals surface area (Å²) < 4.78 is 29.9. The van der Waals surface area contributed by atoms with Crippen molar-refractivity contribution in [3.63, 3.8) is 0 Å². The van der Waals surface area contributed by atoms with Crippen LogP contribution in [0, 0.1) is 0 Å². The van der Waals surface area contributed by atoms with Crippen molar-refractivity contribution < 1.29 is 8.42 Å². The van der Waals surface area contributed by atoms with Gasteiger partial charge in [-0.05, 0) is 53.0 Å². The van der Waals surface area contributed by atoms with Gasteiger partial charge in [-0.15, -0.1) is 10.2 Å². The number of benzene rings is 1. The number of rotatable bonds is 3. The second kappa shape index (κ2) is 6.51. The van der Waals surface area contributed by atoms with Crippen molar-refractivity contribution in [1.82, 2.24) is 18.9 Å². The van der Waals surface area contributed by atoms with E-state index in [-0.39, 0.29) is 5.92 Å². The zero-order valence-electron chi connectivity index (χ0n) is 13.4. The second-order valence-electron chi connectivity index (χ2n) is 6.10. The van der Waals surface area contributed by atoms with Gasteiger partial charge in [0.05, 0.1) is 4.90 Å². The van der Waals surface area contributed by atoms with Gasteiger partial charge in [-0.25, -0.2) is 8.42 Å². The molecule has 0 aliphatic carbocycles. The van der Waals surface area contributed by atoms with E-state index in [0.29, 0.717) is 22.5 Å². The number of pyridine rings is 1. The maximum atomic E-state index is 12.9. The quantitative estimate of drug-likeness (QED) is 0.652. The Hall–Kier alpha value is -1.77. The first kappa shape index (κ1) is 16.7. The molecule has 1 aliphatic heterocycles. The molecule has 1 aliphatic rings. The SMILES string of the molecule is O=S(=O)(c1ccccc1Br)N1CCC(c2nnc3ccccn23)CC1. The zero-order valence-corrected chi connectivity index (χ0v) is 15.8. The summed E-state index contributed by atoms with van der Waals surface area (Å²) in [5.41, 5.74) is 0.820. The Bertz CT molecular complexity index is 1010. The highest BCUT2D eigenvalue weighted by Crippen LogP contribution is 2.31. The molecule has 25 heavy (non-hydrogen) atoms. The van der Waals surface area contributed by atoms with Gasteiger partial charge in [-0.2, -0.15) is 4.31 Å². The number of halogens is 1. The van der Waals surface area contributed by atoms with Crippen molar-refractivity contribution >= 4 is 31.6 Å². The van der Waals surface area contributed by atoms with Gasteiger partial charge in [-0.3, -0.25) is 4.40 Å². The van der Waals surface area contributed by atoms with E-state index >= 15 is 0 Å². The van der Waals surface area contributed by atoms with E-state index in [4.69, 9.17) is 0 Å². The summed E-state index contributed by atoms with van der Waals surface area (Å²) in [4.78, 5) is 0.321. The standard InChI is InChI=1S/C17H17BrN4O2S/c18-14-5-1-2-6-15(14)25(23,24)21-11-8-13(9-12-21)17-20-19-16-7-3-4-10-22(16)17/h1-7,10,13H,8-9,11-12H2. The number of nitrogens with zero attached hydrogens (tertiary/aromatic N) is 4. The molecule has 0 saturated carbocycles. The third-order valence-corrected chi connectivity index (χ3v) is 7.52. The Balaban J connectivity index is 1.55. The fourth-order valence-corrected chi connectivity index (χ4v) is 5.72. The van der Waals surface area contributed by atoms with Crippen LogP contribution < -0.4 is 0 Å². The van der Waals surface area contributed by atoms with Crippen LogP contribution >= 0.6 is 15.9 Å². The van der Waals surface area contributed by atoms with E-state index in [1.165, 1.54) is 0 Å². The first-order valence-electron chi connectivity index (χ1n) is 8.12. The number of fused-ring (bicyclic) bond motifs is 1. The van der Waals surface area contributed by atoms with Gasteiger partial charge in [0.1, 0.15) is 5.82 Å². The van der Waals surface area contributed by atoms with E-state index in [1.54, 1.807) is 22.5 Å². The normalized spacial score (nSPS) is 17.2. The summed E-state index contributed by atoms with van der Waals surface area (Å²) >= 11 is 3.34. The maximum absolute atomic E-state index is 12.9. The molecule has 0 N–H and O–H groups in total. The minimum atomic E-state index is -3.48. The van der Waals surface area contributed by atoms with Crippen molar-refractivity contribution in [3.8, 4) is 0 Å². The summed E-state index contributed by atoms with van der Waals surface area (Å²) in [5, 5.41) is 8.51. The van der Waals surface area contributed by atoms with Crippen LogP contribution in [0.3, 0.4) is 0 Å². The summed E-state index contributed by atoms with van der Waals surface area (Å²) in [5.74, 6) is 1.12. The van der Waals surface area contributed by atoms with Crippen LogP contribution in [0.1, 0.15) is 24.6 Å². The molecule has 0 spiro atoms. The summed E-state index contributed by atoms with van der Waals surface area (Å²) in [6.07, 6.45) is 3.42. The van der Waals surface area contributed by atoms with Gasteiger partial charge in [0.15, 0.2) is 5.65 Å². The Labute approximate surface area is 154 Å². The molecular formula is C17H17BrN4O2S. The highest BCUT2D eigenvalue weighted by molar-refractivity contribution is 9.10. The first-order chi connectivity index (χ1) is 12.1. The molecule has 0 bridgehead atoms. The van der Waals surface area contributed by atoms with E-state index in [1.807, 2.05) is 34.9 Å². The van der Waals surface area contributed by atoms with Gasteiger partial charge in [-0.1, -0.05) is 18.2 Å². The Morgan fingerprint density at radius 1 is 1.00 bits per heavy atom. The number of piperidine rings is 1. The van der Waals surface area contributed by atoms with Crippen molar-refractivity contribution in [1.29, 1.82) is 0 Å². The fraction of sp³-hybridized carbons (Fsp3) is 0.294. The van der Waals surface area contributed by atoms with Crippen LogP contribution in [0.15, 0.2) is 58.0 Å².